The van der Waals surface area contributed by atoms with Crippen molar-refractivity contribution in [2.75, 3.05) is 5.32 Å². The number of para-hydroxylation sites is 3. The largest absolute Gasteiger partial charge is 0.327 e. The van der Waals surface area contributed by atoms with Crippen LogP contribution in [0.1, 0.15) is 54.9 Å². The summed E-state index contributed by atoms with van der Waals surface area (Å²) in [6.45, 7) is 6.54. The van der Waals surface area contributed by atoms with Gasteiger partial charge in [0, 0.05) is 12.2 Å². The lowest BCUT2D eigenvalue weighted by atomic mass is 10.0. The molecule has 2 heterocycles. The third kappa shape index (κ3) is 4.20. The normalized spacial score (nSPS) is 17.5. The molecule has 4 aromatic rings. The molecule has 0 saturated carbocycles. The first-order chi connectivity index (χ1) is 17.0. The van der Waals surface area contributed by atoms with Crippen molar-refractivity contribution in [3.05, 3.63) is 95.3 Å². The van der Waals surface area contributed by atoms with Gasteiger partial charge in [0.05, 0.1) is 23.5 Å². The third-order valence-electron chi connectivity index (χ3n) is 6.92. The highest BCUT2D eigenvalue weighted by atomic mass is 16.2. The number of rotatable bonds is 6. The second-order valence-electron chi connectivity index (χ2n) is 9.19. The summed E-state index contributed by atoms with van der Waals surface area (Å²) < 4.78 is 1.97. The van der Waals surface area contributed by atoms with Crippen molar-refractivity contribution in [2.45, 2.75) is 52.2 Å². The lowest BCUT2D eigenvalue weighted by Gasteiger charge is -2.38. The number of hydrogen-bond acceptors (Lipinski definition) is 3. The third-order valence-corrected chi connectivity index (χ3v) is 6.92. The van der Waals surface area contributed by atoms with Gasteiger partial charge in [0.1, 0.15) is 11.9 Å². The number of aromatic nitrogens is 2. The van der Waals surface area contributed by atoms with Gasteiger partial charge in [0.2, 0.25) is 11.8 Å². The highest BCUT2D eigenvalue weighted by molar-refractivity contribution is 5.97. The molecule has 3 aromatic carbocycles. The van der Waals surface area contributed by atoms with Crippen LogP contribution in [0.25, 0.3) is 11.0 Å². The average molecular weight is 467 g/mol. The fourth-order valence-corrected chi connectivity index (χ4v) is 5.06. The fraction of sp³-hybridized carbons (Fsp3) is 0.276. The van der Waals surface area contributed by atoms with E-state index in [0.29, 0.717) is 6.54 Å². The molecule has 1 aliphatic heterocycles. The number of nitrogens with zero attached hydrogens (tertiary/aromatic N) is 3. The quantitative estimate of drug-likeness (QED) is 0.403. The van der Waals surface area contributed by atoms with Crippen LogP contribution >= 0.6 is 0 Å². The zero-order valence-electron chi connectivity index (χ0n) is 20.4. The van der Waals surface area contributed by atoms with Crippen LogP contribution in [0, 0.1) is 6.92 Å². The fourth-order valence-electron chi connectivity index (χ4n) is 5.06. The van der Waals surface area contributed by atoms with Crippen molar-refractivity contribution >= 4 is 28.5 Å². The Balaban J connectivity index is 1.52. The number of imidazole rings is 1. The van der Waals surface area contributed by atoms with E-state index in [0.717, 1.165) is 45.7 Å². The second kappa shape index (κ2) is 9.37. The van der Waals surface area contributed by atoms with E-state index in [9.17, 15) is 9.59 Å². The van der Waals surface area contributed by atoms with Crippen molar-refractivity contribution in [2.24, 2.45) is 0 Å². The average Bonchev–Trinajstić information content (AvgIpc) is 3.26. The number of nitrogens with one attached hydrogen (secondary N) is 1. The maximum Gasteiger partial charge on any atom is 0.247 e. The molecule has 35 heavy (non-hydrogen) atoms. The van der Waals surface area contributed by atoms with Gasteiger partial charge in [-0.05, 0) is 49.1 Å². The van der Waals surface area contributed by atoms with E-state index in [2.05, 4.69) is 12.2 Å². The summed E-state index contributed by atoms with van der Waals surface area (Å²) >= 11 is 0. The molecule has 178 valence electrons. The molecule has 6 nitrogen and oxygen atoms in total. The molecule has 2 amide bonds. The van der Waals surface area contributed by atoms with E-state index in [1.165, 1.54) is 0 Å². The zero-order valence-corrected chi connectivity index (χ0v) is 20.4. The van der Waals surface area contributed by atoms with Crippen molar-refractivity contribution in [1.82, 2.24) is 14.5 Å². The Hall–Kier alpha value is -3.93. The van der Waals surface area contributed by atoms with E-state index >= 15 is 0 Å². The molecule has 0 fully saturated rings. The molecule has 0 radical (unpaired) electrons. The predicted octanol–water partition coefficient (Wildman–Crippen LogP) is 5.58. The first kappa shape index (κ1) is 22.8. The predicted molar refractivity (Wildman–Crippen MR) is 138 cm³/mol. The van der Waals surface area contributed by atoms with Crippen LogP contribution in [0.4, 0.5) is 5.69 Å². The number of fused-ring (bicyclic) bond motifs is 3. The summed E-state index contributed by atoms with van der Waals surface area (Å²) in [5.41, 5.74) is 5.70. The van der Waals surface area contributed by atoms with Crippen molar-refractivity contribution in [3.8, 4) is 0 Å². The van der Waals surface area contributed by atoms with E-state index in [1.54, 1.807) is 0 Å². The summed E-state index contributed by atoms with van der Waals surface area (Å²) in [4.78, 5) is 34.0. The molecule has 6 heteroatoms. The number of anilines is 1. The summed E-state index contributed by atoms with van der Waals surface area (Å²) in [6.07, 6.45) is 0.861. The Kier molecular flexibility index (Phi) is 6.12. The Morgan fingerprint density at radius 1 is 1.00 bits per heavy atom. The molecule has 0 aliphatic carbocycles. The van der Waals surface area contributed by atoms with Gasteiger partial charge >= 0.3 is 0 Å². The van der Waals surface area contributed by atoms with Gasteiger partial charge in [0.15, 0.2) is 0 Å². The molecule has 1 N–H and O–H groups in total. The van der Waals surface area contributed by atoms with Crippen LogP contribution in [0.3, 0.4) is 0 Å². The van der Waals surface area contributed by atoms with Crippen LogP contribution in [0.15, 0.2) is 72.8 Å². The van der Waals surface area contributed by atoms with Gasteiger partial charge < -0.3 is 14.8 Å². The minimum absolute atomic E-state index is 0.0433. The second-order valence-corrected chi connectivity index (χ2v) is 9.19. The summed E-state index contributed by atoms with van der Waals surface area (Å²) in [5, 5.41) is 3.10. The van der Waals surface area contributed by atoms with Crippen LogP contribution in [0.2, 0.25) is 0 Å². The Morgan fingerprint density at radius 3 is 2.51 bits per heavy atom. The molecule has 5 rings (SSSR count). The van der Waals surface area contributed by atoms with Crippen LogP contribution in [0.5, 0.6) is 0 Å². The number of hydrogen-bond donors (Lipinski definition) is 1. The minimum atomic E-state index is -0.661. The number of aryl methyl sites for hydroxylation is 2. The molecule has 0 bridgehead atoms. The van der Waals surface area contributed by atoms with Crippen LogP contribution in [-0.4, -0.2) is 26.3 Å². The van der Waals surface area contributed by atoms with Crippen molar-refractivity contribution < 1.29 is 9.59 Å². The Bertz CT molecular complexity index is 1390. The molecule has 0 saturated heterocycles. The summed E-state index contributed by atoms with van der Waals surface area (Å²) in [6, 6.07) is 22.9. The molecule has 1 aliphatic rings. The SMILES string of the molecule is CCc1cccc(C)c1NC(=O)C[C@H]1C(=O)N(Cc2ccccc2)[C@@H](C)c2nc3ccccc3n21. The van der Waals surface area contributed by atoms with Gasteiger partial charge in [-0.3, -0.25) is 9.59 Å². The minimum Gasteiger partial charge on any atom is -0.327 e. The van der Waals surface area contributed by atoms with Gasteiger partial charge in [0.25, 0.3) is 0 Å². The monoisotopic (exact) mass is 466 g/mol. The lowest BCUT2D eigenvalue weighted by molar-refractivity contribution is -0.142. The first-order valence-corrected chi connectivity index (χ1v) is 12.2. The molecule has 0 spiro atoms. The highest BCUT2D eigenvalue weighted by Crippen LogP contribution is 2.37. The number of carbonyl (C=O) groups is 2. The standard InChI is InChI=1S/C29H30N4O2/c1-4-22-14-10-11-19(2)27(22)31-26(34)17-25-29(35)32(18-21-12-6-5-7-13-21)20(3)28-30-23-15-8-9-16-24(23)33(25)28/h5-16,20,25H,4,17-18H2,1-3H3,(H,31,34)/t20-,25-/m0/s1. The van der Waals surface area contributed by atoms with E-state index in [4.69, 9.17) is 4.98 Å². The molecule has 1 aromatic heterocycles. The lowest BCUT2D eigenvalue weighted by Crippen LogP contribution is -2.45. The summed E-state index contributed by atoms with van der Waals surface area (Å²) in [5.74, 6) is 0.572. The topological polar surface area (TPSA) is 67.2 Å². The van der Waals surface area contributed by atoms with Gasteiger partial charge in [-0.1, -0.05) is 67.6 Å². The highest BCUT2D eigenvalue weighted by Gasteiger charge is 2.40. The van der Waals surface area contributed by atoms with E-state index in [-0.39, 0.29) is 24.3 Å². The maximum atomic E-state index is 13.9. The smallest absolute Gasteiger partial charge is 0.247 e. The van der Waals surface area contributed by atoms with Crippen LogP contribution < -0.4 is 5.32 Å². The molecular weight excluding hydrogens is 436 g/mol. The zero-order chi connectivity index (χ0) is 24.5. The molecule has 2 atom stereocenters. The van der Waals surface area contributed by atoms with Crippen molar-refractivity contribution in [3.63, 3.8) is 0 Å². The maximum absolute atomic E-state index is 13.9. The first-order valence-electron chi connectivity index (χ1n) is 12.2. The van der Waals surface area contributed by atoms with Gasteiger partial charge in [-0.25, -0.2) is 4.98 Å². The number of carbonyl (C=O) groups excluding carboxylic acids is 2. The van der Waals surface area contributed by atoms with Crippen LogP contribution in [-0.2, 0) is 22.6 Å². The van der Waals surface area contributed by atoms with Gasteiger partial charge in [-0.15, -0.1) is 0 Å². The summed E-state index contributed by atoms with van der Waals surface area (Å²) in [7, 11) is 0. The Labute approximate surface area is 205 Å². The molecule has 0 unspecified atom stereocenters. The van der Waals surface area contributed by atoms with Gasteiger partial charge in [-0.2, -0.15) is 0 Å². The Morgan fingerprint density at radius 2 is 1.74 bits per heavy atom. The number of amides is 2. The number of benzene rings is 3. The van der Waals surface area contributed by atoms with E-state index < -0.39 is 6.04 Å². The van der Waals surface area contributed by atoms with E-state index in [1.807, 2.05) is 96.1 Å². The molecular formula is C29H30N4O2. The van der Waals surface area contributed by atoms with Crippen molar-refractivity contribution in [1.29, 1.82) is 0 Å².